The number of pyridine rings is 1. The number of carbonyl (C=O) groups excluding carboxylic acids is 1. The van der Waals surface area contributed by atoms with Crippen molar-refractivity contribution in [3.63, 3.8) is 0 Å². The lowest BCUT2D eigenvalue weighted by atomic mass is 9.97. The number of rotatable bonds is 6. The van der Waals surface area contributed by atoms with Gasteiger partial charge in [-0.1, -0.05) is 17.2 Å². The Balaban J connectivity index is 1.39. The number of nitrogens with one attached hydrogen (secondary N) is 1. The normalized spacial score (nSPS) is 14.5. The second-order valence-corrected chi connectivity index (χ2v) is 6.89. The van der Waals surface area contributed by atoms with Crippen molar-refractivity contribution >= 4 is 11.6 Å². The van der Waals surface area contributed by atoms with E-state index in [0.717, 1.165) is 29.7 Å². The quantitative estimate of drug-likeness (QED) is 0.331. The van der Waals surface area contributed by atoms with Gasteiger partial charge in [0.2, 0.25) is 11.8 Å². The molecule has 3 aromatic rings. The first-order chi connectivity index (χ1) is 15.1. The highest BCUT2D eigenvalue weighted by molar-refractivity contribution is 5.92. The molecule has 1 N–H and O–H groups in total. The Morgan fingerprint density at radius 2 is 2.10 bits per heavy atom. The van der Waals surface area contributed by atoms with Crippen LogP contribution in [0.15, 0.2) is 65.9 Å². The number of anilines is 1. The van der Waals surface area contributed by atoms with Crippen LogP contribution in [0, 0.1) is 5.82 Å². The third-order valence-electron chi connectivity index (χ3n) is 4.74. The summed E-state index contributed by atoms with van der Waals surface area (Å²) in [5.74, 6) is 1.07. The first-order valence-corrected chi connectivity index (χ1v) is 9.60. The van der Waals surface area contributed by atoms with Crippen molar-refractivity contribution in [3.05, 3.63) is 88.2 Å². The minimum absolute atomic E-state index is 0.108. The molecule has 0 fully saturated rings. The summed E-state index contributed by atoms with van der Waals surface area (Å²) in [6.45, 7) is -0.284. The number of ether oxygens (including phenoxy) is 2. The molecule has 1 amide bonds. The average molecular weight is 419 g/mol. The van der Waals surface area contributed by atoms with Crippen LogP contribution in [0.2, 0.25) is 0 Å². The summed E-state index contributed by atoms with van der Waals surface area (Å²) >= 11 is 0. The molecule has 2 aromatic carbocycles. The van der Waals surface area contributed by atoms with Crippen LogP contribution >= 0.6 is 0 Å². The summed E-state index contributed by atoms with van der Waals surface area (Å²) < 4.78 is 25.0. The van der Waals surface area contributed by atoms with Crippen LogP contribution in [0.1, 0.15) is 23.7 Å². The van der Waals surface area contributed by atoms with Gasteiger partial charge in [-0.2, -0.15) is 0 Å². The largest absolute Gasteiger partial charge is 0.485 e. The van der Waals surface area contributed by atoms with E-state index in [9.17, 15) is 9.18 Å². The molecule has 1 atom stereocenters. The van der Waals surface area contributed by atoms with Crippen molar-refractivity contribution in [2.24, 2.45) is 5.11 Å². The van der Waals surface area contributed by atoms with Gasteiger partial charge in [0.15, 0.2) is 0 Å². The SMILES string of the molecule is [N-]=[N+]=NCC(=O)Nc1ccc(Oc2ccc3c(c2)CCC(c2ccc(F)cc2)O3)nc1. The summed E-state index contributed by atoms with van der Waals surface area (Å²) in [5.41, 5.74) is 10.7. The molecule has 31 heavy (non-hydrogen) atoms. The Labute approximate surface area is 177 Å². The number of aromatic nitrogens is 1. The third-order valence-corrected chi connectivity index (χ3v) is 4.74. The van der Waals surface area contributed by atoms with Crippen molar-refractivity contribution in [3.8, 4) is 17.4 Å². The summed E-state index contributed by atoms with van der Waals surface area (Å²) in [4.78, 5) is 18.3. The third kappa shape index (κ3) is 5.09. The number of nitrogens with zero attached hydrogens (tertiary/aromatic N) is 4. The van der Waals surface area contributed by atoms with E-state index in [1.54, 1.807) is 30.3 Å². The zero-order chi connectivity index (χ0) is 21.6. The molecule has 2 heterocycles. The second kappa shape index (κ2) is 9.15. The molecule has 0 saturated carbocycles. The van der Waals surface area contributed by atoms with E-state index in [1.807, 2.05) is 12.1 Å². The van der Waals surface area contributed by atoms with E-state index in [-0.39, 0.29) is 18.5 Å². The fourth-order valence-electron chi connectivity index (χ4n) is 3.27. The number of carbonyl (C=O) groups is 1. The van der Waals surface area contributed by atoms with Crippen LogP contribution in [0.5, 0.6) is 17.4 Å². The number of azide groups is 1. The zero-order valence-corrected chi connectivity index (χ0v) is 16.4. The number of halogens is 1. The maximum atomic E-state index is 13.1. The minimum atomic E-state index is -0.429. The molecule has 1 aliphatic rings. The van der Waals surface area contributed by atoms with Crippen molar-refractivity contribution in [2.75, 3.05) is 11.9 Å². The summed E-state index contributed by atoms with van der Waals surface area (Å²) in [6, 6.07) is 15.2. The number of hydrogen-bond acceptors (Lipinski definition) is 5. The number of hydrogen-bond donors (Lipinski definition) is 1. The van der Waals surface area contributed by atoms with Crippen molar-refractivity contribution in [2.45, 2.75) is 18.9 Å². The van der Waals surface area contributed by atoms with E-state index in [2.05, 4.69) is 20.3 Å². The van der Waals surface area contributed by atoms with E-state index < -0.39 is 5.91 Å². The smallest absolute Gasteiger partial charge is 0.230 e. The highest BCUT2D eigenvalue weighted by Crippen LogP contribution is 2.37. The van der Waals surface area contributed by atoms with Crippen LogP contribution in [-0.4, -0.2) is 17.4 Å². The van der Waals surface area contributed by atoms with Gasteiger partial charge in [0.1, 0.15) is 30.0 Å². The van der Waals surface area contributed by atoms with Gasteiger partial charge in [-0.25, -0.2) is 9.37 Å². The Bertz CT molecular complexity index is 1130. The molecule has 4 rings (SSSR count). The van der Waals surface area contributed by atoms with Gasteiger partial charge in [-0.3, -0.25) is 4.79 Å². The molecule has 156 valence electrons. The Kier molecular flexibility index (Phi) is 5.96. The number of benzene rings is 2. The van der Waals surface area contributed by atoms with E-state index in [1.165, 1.54) is 18.3 Å². The highest BCUT2D eigenvalue weighted by Gasteiger charge is 2.22. The molecule has 0 radical (unpaired) electrons. The molecule has 1 aliphatic heterocycles. The summed E-state index contributed by atoms with van der Waals surface area (Å²) in [6.07, 6.45) is 2.93. The fraction of sp³-hybridized carbons (Fsp3) is 0.182. The molecule has 0 aliphatic carbocycles. The van der Waals surface area contributed by atoms with Crippen molar-refractivity contribution < 1.29 is 18.7 Å². The van der Waals surface area contributed by atoms with Crippen LogP contribution in [0.3, 0.4) is 0 Å². The maximum Gasteiger partial charge on any atom is 0.230 e. The van der Waals surface area contributed by atoms with Crippen LogP contribution in [0.25, 0.3) is 10.4 Å². The average Bonchev–Trinajstić information content (AvgIpc) is 2.79. The molecule has 9 heteroatoms. The lowest BCUT2D eigenvalue weighted by Crippen LogP contribution is -2.15. The van der Waals surface area contributed by atoms with Gasteiger partial charge in [0, 0.05) is 11.0 Å². The standard InChI is InChI=1S/C22H18FN5O3/c23-16-4-1-14(2-5-16)19-8-3-15-11-18(7-9-20(15)31-19)30-22-10-6-17(12-25-22)27-21(29)13-26-28-24/h1-2,4-7,9-12,19H,3,8,13H2,(H,27,29). The zero-order valence-electron chi connectivity index (χ0n) is 16.4. The van der Waals surface area contributed by atoms with Crippen molar-refractivity contribution in [1.29, 1.82) is 0 Å². The van der Waals surface area contributed by atoms with Gasteiger partial charge in [-0.15, -0.1) is 0 Å². The van der Waals surface area contributed by atoms with Gasteiger partial charge in [-0.05, 0) is 65.9 Å². The predicted octanol–water partition coefficient (Wildman–Crippen LogP) is 5.33. The first-order valence-electron chi connectivity index (χ1n) is 9.60. The maximum absolute atomic E-state index is 13.1. The first kappa shape index (κ1) is 20.2. The van der Waals surface area contributed by atoms with Gasteiger partial charge in [0.05, 0.1) is 11.9 Å². The molecule has 0 spiro atoms. The van der Waals surface area contributed by atoms with Gasteiger partial charge >= 0.3 is 0 Å². The van der Waals surface area contributed by atoms with E-state index >= 15 is 0 Å². The number of fused-ring (bicyclic) bond motifs is 1. The minimum Gasteiger partial charge on any atom is -0.485 e. The molecule has 1 unspecified atom stereocenters. The fourth-order valence-corrected chi connectivity index (χ4v) is 3.27. The Morgan fingerprint density at radius 1 is 1.26 bits per heavy atom. The molecular formula is C22H18FN5O3. The predicted molar refractivity (Wildman–Crippen MR) is 111 cm³/mol. The molecule has 0 bridgehead atoms. The Morgan fingerprint density at radius 3 is 2.84 bits per heavy atom. The number of amides is 1. The van der Waals surface area contributed by atoms with Crippen LogP contribution in [-0.2, 0) is 11.2 Å². The summed E-state index contributed by atoms with van der Waals surface area (Å²) in [7, 11) is 0. The summed E-state index contributed by atoms with van der Waals surface area (Å²) in [5, 5.41) is 5.77. The monoisotopic (exact) mass is 419 g/mol. The van der Waals surface area contributed by atoms with Gasteiger partial charge < -0.3 is 14.8 Å². The lowest BCUT2D eigenvalue weighted by molar-refractivity contribution is -0.114. The van der Waals surface area contributed by atoms with E-state index in [4.69, 9.17) is 15.0 Å². The Hall–Kier alpha value is -4.10. The van der Waals surface area contributed by atoms with Crippen LogP contribution < -0.4 is 14.8 Å². The van der Waals surface area contributed by atoms with E-state index in [0.29, 0.717) is 17.3 Å². The lowest BCUT2D eigenvalue weighted by Gasteiger charge is -2.26. The number of aryl methyl sites for hydroxylation is 1. The highest BCUT2D eigenvalue weighted by atomic mass is 19.1. The molecule has 8 nitrogen and oxygen atoms in total. The second-order valence-electron chi connectivity index (χ2n) is 6.89. The van der Waals surface area contributed by atoms with Gasteiger partial charge in [0.25, 0.3) is 0 Å². The molecule has 1 aromatic heterocycles. The van der Waals surface area contributed by atoms with Crippen molar-refractivity contribution in [1.82, 2.24) is 4.98 Å². The van der Waals surface area contributed by atoms with Crippen LogP contribution in [0.4, 0.5) is 10.1 Å². The molecular weight excluding hydrogens is 401 g/mol. The topological polar surface area (TPSA) is 109 Å². The molecule has 0 saturated heterocycles.